The summed E-state index contributed by atoms with van der Waals surface area (Å²) in [4.78, 5) is 41.4. The second kappa shape index (κ2) is 10.4. The Hall–Kier alpha value is -2.22. The number of thiol groups is 1. The zero-order chi connectivity index (χ0) is 25.1. The third kappa shape index (κ3) is 7.95. The molecule has 1 saturated carbocycles. The smallest absolute Gasteiger partial charge is 0.408 e. The molecule has 0 heterocycles. The zero-order valence-electron chi connectivity index (χ0n) is 21.1. The highest BCUT2D eigenvalue weighted by Crippen LogP contribution is 2.41. The minimum Gasteiger partial charge on any atom is -0.444 e. The minimum absolute atomic E-state index is 0.0805. The molecule has 1 aromatic rings. The number of aryl methyl sites for hydroxylation is 1. The van der Waals surface area contributed by atoms with Gasteiger partial charge in [0.1, 0.15) is 17.7 Å². The molecule has 184 valence electrons. The first-order valence-electron chi connectivity index (χ1n) is 11.4. The molecule has 1 aromatic carbocycles. The Morgan fingerprint density at radius 3 is 2.24 bits per heavy atom. The molecule has 3 amide bonds. The molecule has 0 aliphatic heterocycles. The van der Waals surface area contributed by atoms with E-state index in [1.165, 1.54) is 0 Å². The molecule has 0 radical (unpaired) electrons. The second-order valence-electron chi connectivity index (χ2n) is 11.0. The van der Waals surface area contributed by atoms with Crippen LogP contribution < -0.4 is 10.6 Å². The average molecular weight is 478 g/mol. The minimum atomic E-state index is -0.925. The fourth-order valence-corrected chi connectivity index (χ4v) is 3.95. The molecule has 2 N–H and O–H groups in total. The van der Waals surface area contributed by atoms with Crippen LogP contribution in [0.25, 0.3) is 0 Å². The predicted molar refractivity (Wildman–Crippen MR) is 133 cm³/mol. The van der Waals surface area contributed by atoms with Gasteiger partial charge >= 0.3 is 6.09 Å². The van der Waals surface area contributed by atoms with E-state index in [4.69, 9.17) is 4.74 Å². The zero-order valence-corrected chi connectivity index (χ0v) is 22.0. The topological polar surface area (TPSA) is 87.7 Å². The molecule has 33 heavy (non-hydrogen) atoms. The Kier molecular flexibility index (Phi) is 8.49. The van der Waals surface area contributed by atoms with E-state index < -0.39 is 29.3 Å². The second-order valence-corrected chi connectivity index (χ2v) is 11.3. The lowest BCUT2D eigenvalue weighted by Gasteiger charge is -2.36. The van der Waals surface area contributed by atoms with E-state index in [-0.39, 0.29) is 29.5 Å². The van der Waals surface area contributed by atoms with E-state index in [0.29, 0.717) is 0 Å². The lowest BCUT2D eigenvalue weighted by molar-refractivity contribution is -0.143. The van der Waals surface area contributed by atoms with Crippen LogP contribution in [0.2, 0.25) is 0 Å². The number of benzene rings is 1. The van der Waals surface area contributed by atoms with Crippen LogP contribution in [0, 0.1) is 12.8 Å². The highest BCUT2D eigenvalue weighted by molar-refractivity contribution is 7.80. The van der Waals surface area contributed by atoms with Crippen molar-refractivity contribution in [1.82, 2.24) is 15.5 Å². The number of nitrogens with one attached hydrogen (secondary N) is 2. The van der Waals surface area contributed by atoms with Gasteiger partial charge in [0.15, 0.2) is 0 Å². The van der Waals surface area contributed by atoms with Crippen LogP contribution in [0.5, 0.6) is 0 Å². The fraction of sp³-hybridized carbons (Fsp3) is 0.640. The molecule has 0 saturated heterocycles. The summed E-state index contributed by atoms with van der Waals surface area (Å²) >= 11 is 4.32. The molecule has 0 aromatic heterocycles. The third-order valence-electron chi connectivity index (χ3n) is 5.23. The third-order valence-corrected chi connectivity index (χ3v) is 5.60. The molecule has 7 nitrogen and oxygen atoms in total. The number of rotatable bonds is 7. The molecular formula is C25H39N3O4S. The standard InChI is InChI=1S/C25H39N3O4S/c1-15-10-9-11-17(12-15)20(21(29)27-24(3,4)5)28(19-13-16(19)2)22(30)18(14-33)26-23(31)32-25(6,7)8/h9-12,16,18-20,33H,13-14H2,1-8H3,(H,26,31)(H,27,29). The number of nitrogens with zero attached hydrogens (tertiary/aromatic N) is 1. The summed E-state index contributed by atoms with van der Waals surface area (Å²) in [6.07, 6.45) is 0.104. The van der Waals surface area contributed by atoms with E-state index in [0.717, 1.165) is 17.5 Å². The quantitative estimate of drug-likeness (QED) is 0.518. The van der Waals surface area contributed by atoms with Gasteiger partial charge in [0.25, 0.3) is 0 Å². The van der Waals surface area contributed by atoms with Crippen molar-refractivity contribution in [2.75, 3.05) is 5.75 Å². The lowest BCUT2D eigenvalue weighted by Crippen LogP contribution is -2.56. The summed E-state index contributed by atoms with van der Waals surface area (Å²) in [6.45, 7) is 15.0. The monoisotopic (exact) mass is 477 g/mol. The van der Waals surface area contributed by atoms with Crippen molar-refractivity contribution in [1.29, 1.82) is 0 Å². The van der Waals surface area contributed by atoms with Gasteiger partial charge in [-0.1, -0.05) is 36.8 Å². The van der Waals surface area contributed by atoms with Gasteiger partial charge in [0.2, 0.25) is 11.8 Å². The number of hydrogen-bond donors (Lipinski definition) is 3. The summed E-state index contributed by atoms with van der Waals surface area (Å²) in [5, 5.41) is 5.68. The molecule has 4 atom stereocenters. The largest absolute Gasteiger partial charge is 0.444 e. The van der Waals surface area contributed by atoms with Gasteiger partial charge < -0.3 is 20.3 Å². The highest BCUT2D eigenvalue weighted by atomic mass is 32.1. The molecule has 0 spiro atoms. The Morgan fingerprint density at radius 1 is 1.18 bits per heavy atom. The first kappa shape index (κ1) is 27.0. The van der Waals surface area contributed by atoms with Crippen molar-refractivity contribution in [3.8, 4) is 0 Å². The Labute approximate surface area is 203 Å². The normalized spacial score (nSPS) is 19.8. The van der Waals surface area contributed by atoms with Crippen LogP contribution in [-0.4, -0.2) is 51.8 Å². The van der Waals surface area contributed by atoms with E-state index in [1.807, 2.05) is 52.0 Å². The van der Waals surface area contributed by atoms with Gasteiger partial charge in [-0.05, 0) is 66.4 Å². The van der Waals surface area contributed by atoms with Crippen molar-refractivity contribution in [3.05, 3.63) is 35.4 Å². The predicted octanol–water partition coefficient (Wildman–Crippen LogP) is 4.01. The number of carbonyl (C=O) groups is 3. The van der Waals surface area contributed by atoms with Crippen molar-refractivity contribution >= 4 is 30.5 Å². The Morgan fingerprint density at radius 2 is 1.79 bits per heavy atom. The van der Waals surface area contributed by atoms with Gasteiger partial charge in [-0.2, -0.15) is 12.6 Å². The molecule has 8 heteroatoms. The summed E-state index contributed by atoms with van der Waals surface area (Å²) in [7, 11) is 0. The van der Waals surface area contributed by atoms with E-state index in [9.17, 15) is 14.4 Å². The Balaban J connectivity index is 2.44. The maximum Gasteiger partial charge on any atom is 0.408 e. The number of carbonyl (C=O) groups excluding carboxylic acids is 3. The summed E-state index contributed by atoms with van der Waals surface area (Å²) in [5.41, 5.74) is 0.561. The summed E-state index contributed by atoms with van der Waals surface area (Å²) in [6, 6.07) is 5.78. The highest BCUT2D eigenvalue weighted by Gasteiger charge is 2.48. The van der Waals surface area contributed by atoms with E-state index in [1.54, 1.807) is 25.7 Å². The molecule has 1 aliphatic carbocycles. The molecule has 2 rings (SSSR count). The number of alkyl carbamates (subject to hydrolysis) is 1. The van der Waals surface area contributed by atoms with Gasteiger partial charge in [-0.25, -0.2) is 4.79 Å². The van der Waals surface area contributed by atoms with E-state index in [2.05, 4.69) is 30.2 Å². The van der Waals surface area contributed by atoms with Crippen molar-refractivity contribution in [2.24, 2.45) is 5.92 Å². The number of ether oxygens (including phenoxy) is 1. The van der Waals surface area contributed by atoms with Crippen LogP contribution >= 0.6 is 12.6 Å². The molecule has 4 unspecified atom stereocenters. The van der Waals surface area contributed by atoms with Gasteiger partial charge in [0.05, 0.1) is 0 Å². The maximum atomic E-state index is 13.8. The lowest BCUT2D eigenvalue weighted by atomic mass is 9.99. The molecule has 0 bridgehead atoms. The van der Waals surface area contributed by atoms with Gasteiger partial charge in [0, 0.05) is 17.3 Å². The van der Waals surface area contributed by atoms with E-state index >= 15 is 0 Å². The Bertz CT molecular complexity index is 875. The van der Waals surface area contributed by atoms with Crippen LogP contribution in [-0.2, 0) is 14.3 Å². The number of amides is 3. The molecule has 1 fully saturated rings. The first-order valence-corrected chi connectivity index (χ1v) is 12.1. The van der Waals surface area contributed by atoms with Crippen LogP contribution in [0.3, 0.4) is 0 Å². The summed E-state index contributed by atoms with van der Waals surface area (Å²) in [5.74, 6) is -0.265. The van der Waals surface area contributed by atoms with Crippen LogP contribution in [0.4, 0.5) is 4.79 Å². The van der Waals surface area contributed by atoms with Crippen molar-refractivity contribution in [3.63, 3.8) is 0 Å². The maximum absolute atomic E-state index is 13.8. The summed E-state index contributed by atoms with van der Waals surface area (Å²) < 4.78 is 5.34. The fourth-order valence-electron chi connectivity index (χ4n) is 3.70. The molecular weight excluding hydrogens is 438 g/mol. The van der Waals surface area contributed by atoms with Gasteiger partial charge in [-0.3, -0.25) is 9.59 Å². The van der Waals surface area contributed by atoms with Crippen LogP contribution in [0.1, 0.15) is 72.1 Å². The van der Waals surface area contributed by atoms with Gasteiger partial charge in [-0.15, -0.1) is 0 Å². The van der Waals surface area contributed by atoms with Crippen molar-refractivity contribution in [2.45, 2.75) is 91.1 Å². The number of hydrogen-bond acceptors (Lipinski definition) is 5. The molecule has 1 aliphatic rings. The average Bonchev–Trinajstić information content (AvgIpc) is 3.36. The SMILES string of the molecule is Cc1cccc(C(C(=O)NC(C)(C)C)N(C(=O)C(CS)NC(=O)OC(C)(C)C)C2CC2C)c1. The van der Waals surface area contributed by atoms with Crippen molar-refractivity contribution < 1.29 is 19.1 Å². The van der Waals surface area contributed by atoms with Crippen LogP contribution in [0.15, 0.2) is 24.3 Å². The first-order chi connectivity index (χ1) is 15.1.